The molecule has 1 aromatic carbocycles. The van der Waals surface area contributed by atoms with E-state index in [2.05, 4.69) is 0 Å². The van der Waals surface area contributed by atoms with Gasteiger partial charge in [0.15, 0.2) is 0 Å². The maximum atomic E-state index is 13.5. The fourth-order valence-corrected chi connectivity index (χ4v) is 3.18. The van der Waals surface area contributed by atoms with Crippen molar-refractivity contribution in [2.75, 3.05) is 19.7 Å². The highest BCUT2D eigenvalue weighted by molar-refractivity contribution is 5.76. The van der Waals surface area contributed by atoms with Gasteiger partial charge in [0, 0.05) is 19.5 Å². The second-order valence-electron chi connectivity index (χ2n) is 6.93. The minimum Gasteiger partial charge on any atom is -0.491 e. The molecule has 1 amide bonds. The monoisotopic (exact) mass is 367 g/mol. The molecule has 2 rings (SSSR count). The van der Waals surface area contributed by atoms with Crippen LogP contribution in [0.1, 0.15) is 51.0 Å². The van der Waals surface area contributed by atoms with Crippen LogP contribution >= 0.6 is 0 Å². The number of fused-ring (bicyclic) bond motifs is 1. The quantitative estimate of drug-likeness (QED) is 0.843. The van der Waals surface area contributed by atoms with E-state index >= 15 is 0 Å². The lowest BCUT2D eigenvalue weighted by atomic mass is 10.0. The number of halogens is 1. The number of ether oxygens (including phenoxy) is 1. The second kappa shape index (κ2) is 10.5. The van der Waals surface area contributed by atoms with Crippen molar-refractivity contribution in [1.82, 2.24) is 4.90 Å². The molecule has 0 spiro atoms. The van der Waals surface area contributed by atoms with E-state index < -0.39 is 12.2 Å². The largest absolute Gasteiger partial charge is 0.491 e. The van der Waals surface area contributed by atoms with Crippen LogP contribution in [-0.2, 0) is 11.2 Å². The van der Waals surface area contributed by atoms with Crippen LogP contribution in [0.5, 0.6) is 5.75 Å². The van der Waals surface area contributed by atoms with Gasteiger partial charge in [-0.05, 0) is 55.9 Å². The smallest absolute Gasteiger partial charge is 0.222 e. The predicted molar refractivity (Wildman–Crippen MR) is 97.6 cm³/mol. The molecule has 1 aromatic rings. The summed E-state index contributed by atoms with van der Waals surface area (Å²) < 4.78 is 19.2. The van der Waals surface area contributed by atoms with Crippen LogP contribution in [0.25, 0.3) is 0 Å². The minimum absolute atomic E-state index is 0.0668. The van der Waals surface area contributed by atoms with Gasteiger partial charge >= 0.3 is 0 Å². The van der Waals surface area contributed by atoms with E-state index in [0.717, 1.165) is 31.2 Å². The zero-order valence-corrected chi connectivity index (χ0v) is 15.5. The van der Waals surface area contributed by atoms with Gasteiger partial charge in [0.05, 0.1) is 6.10 Å². The molecule has 1 aliphatic heterocycles. The molecular weight excluding hydrogens is 337 g/mol. The van der Waals surface area contributed by atoms with Crippen molar-refractivity contribution in [3.05, 3.63) is 29.6 Å². The van der Waals surface area contributed by atoms with E-state index in [1.807, 2.05) is 6.92 Å². The molecule has 26 heavy (non-hydrogen) atoms. The maximum absolute atomic E-state index is 13.5. The molecule has 0 radical (unpaired) electrons. The average molecular weight is 367 g/mol. The molecular formula is C20H30FNO4. The Morgan fingerprint density at radius 3 is 2.81 bits per heavy atom. The summed E-state index contributed by atoms with van der Waals surface area (Å²) in [7, 11) is 0. The Morgan fingerprint density at radius 2 is 2.04 bits per heavy atom. The zero-order chi connectivity index (χ0) is 18.9. The predicted octanol–water partition coefficient (Wildman–Crippen LogP) is 2.67. The summed E-state index contributed by atoms with van der Waals surface area (Å²) in [6.45, 7) is 2.98. The Balaban J connectivity index is 2.08. The molecule has 0 bridgehead atoms. The topological polar surface area (TPSA) is 70.0 Å². The van der Waals surface area contributed by atoms with Gasteiger partial charge in [0.2, 0.25) is 5.91 Å². The van der Waals surface area contributed by atoms with Crippen molar-refractivity contribution in [2.24, 2.45) is 0 Å². The van der Waals surface area contributed by atoms with Crippen molar-refractivity contribution in [3.8, 4) is 5.75 Å². The van der Waals surface area contributed by atoms with Gasteiger partial charge in [-0.1, -0.05) is 13.3 Å². The van der Waals surface area contributed by atoms with Crippen molar-refractivity contribution in [3.63, 3.8) is 0 Å². The second-order valence-corrected chi connectivity index (χ2v) is 6.93. The molecule has 2 atom stereocenters. The zero-order valence-electron chi connectivity index (χ0n) is 15.5. The Hall–Kier alpha value is -1.66. The van der Waals surface area contributed by atoms with Crippen LogP contribution in [0.4, 0.5) is 4.39 Å². The first-order valence-electron chi connectivity index (χ1n) is 9.56. The van der Waals surface area contributed by atoms with Gasteiger partial charge in [0.25, 0.3) is 0 Å². The van der Waals surface area contributed by atoms with Gasteiger partial charge in [-0.2, -0.15) is 0 Å². The molecule has 1 aliphatic rings. The van der Waals surface area contributed by atoms with Crippen LogP contribution in [0, 0.1) is 5.82 Å². The van der Waals surface area contributed by atoms with Crippen LogP contribution in [0.15, 0.2) is 18.2 Å². The molecule has 1 heterocycles. The van der Waals surface area contributed by atoms with Crippen LogP contribution in [-0.4, -0.2) is 52.9 Å². The third-order valence-corrected chi connectivity index (χ3v) is 4.76. The summed E-state index contributed by atoms with van der Waals surface area (Å²) in [5, 5.41) is 20.3. The van der Waals surface area contributed by atoms with Gasteiger partial charge in [-0.3, -0.25) is 4.79 Å². The molecule has 0 aromatic heterocycles. The summed E-state index contributed by atoms with van der Waals surface area (Å²) in [6, 6.07) is 4.36. The molecule has 0 unspecified atom stereocenters. The third-order valence-electron chi connectivity index (χ3n) is 4.76. The number of hydrogen-bond acceptors (Lipinski definition) is 4. The SMILES string of the molecule is CCCC(=O)N1CCCCCc2cc(F)ccc2OC[C@@H](O)[C@@H](O)CC1. The number of carbonyl (C=O) groups is 1. The summed E-state index contributed by atoms with van der Waals surface area (Å²) in [5.41, 5.74) is 0.766. The van der Waals surface area contributed by atoms with E-state index in [4.69, 9.17) is 4.74 Å². The normalized spacial score (nSPS) is 22.8. The first kappa shape index (κ1) is 20.6. The van der Waals surface area contributed by atoms with Crippen LogP contribution in [0.3, 0.4) is 0 Å². The lowest BCUT2D eigenvalue weighted by Gasteiger charge is -2.26. The highest BCUT2D eigenvalue weighted by Crippen LogP contribution is 2.23. The van der Waals surface area contributed by atoms with Gasteiger partial charge in [0.1, 0.15) is 24.3 Å². The number of carbonyl (C=O) groups excluding carboxylic acids is 1. The molecule has 0 saturated carbocycles. The fraction of sp³-hybridized carbons (Fsp3) is 0.650. The first-order valence-corrected chi connectivity index (χ1v) is 9.56. The number of aliphatic hydroxyl groups excluding tert-OH is 2. The van der Waals surface area contributed by atoms with Crippen molar-refractivity contribution in [2.45, 2.75) is 64.1 Å². The lowest BCUT2D eigenvalue weighted by molar-refractivity contribution is -0.132. The van der Waals surface area contributed by atoms with Crippen molar-refractivity contribution < 1.29 is 24.1 Å². The minimum atomic E-state index is -1.06. The fourth-order valence-electron chi connectivity index (χ4n) is 3.18. The van der Waals surface area contributed by atoms with Gasteiger partial charge in [-0.25, -0.2) is 4.39 Å². The summed E-state index contributed by atoms with van der Waals surface area (Å²) in [5.74, 6) is 0.324. The molecule has 0 aliphatic carbocycles. The van der Waals surface area contributed by atoms with E-state index in [1.165, 1.54) is 12.1 Å². The Bertz CT molecular complexity index is 581. The van der Waals surface area contributed by atoms with E-state index in [1.54, 1.807) is 11.0 Å². The Morgan fingerprint density at radius 1 is 1.23 bits per heavy atom. The standard InChI is InChI=1S/C20H30FNO4/c1-2-6-20(25)22-11-5-3-4-7-15-13-16(21)8-9-19(15)26-14-18(24)17(23)10-12-22/h8-9,13,17-18,23-24H,2-7,10-12,14H2,1H3/t17-,18+/m0/s1. The van der Waals surface area contributed by atoms with Crippen LogP contribution < -0.4 is 4.74 Å². The van der Waals surface area contributed by atoms with E-state index in [0.29, 0.717) is 38.1 Å². The van der Waals surface area contributed by atoms with E-state index in [-0.39, 0.29) is 18.3 Å². The number of aliphatic hydroxyl groups is 2. The number of nitrogens with zero attached hydrogens (tertiary/aromatic N) is 1. The van der Waals surface area contributed by atoms with Crippen LogP contribution in [0.2, 0.25) is 0 Å². The molecule has 2 N–H and O–H groups in total. The molecule has 5 nitrogen and oxygen atoms in total. The molecule has 0 saturated heterocycles. The number of hydrogen-bond donors (Lipinski definition) is 2. The van der Waals surface area contributed by atoms with Crippen molar-refractivity contribution in [1.29, 1.82) is 0 Å². The average Bonchev–Trinajstić information content (AvgIpc) is 2.62. The molecule has 0 fully saturated rings. The first-order chi connectivity index (χ1) is 12.5. The summed E-state index contributed by atoms with van der Waals surface area (Å²) in [6.07, 6.45) is 2.89. The Kier molecular flexibility index (Phi) is 8.32. The molecule has 146 valence electrons. The van der Waals surface area contributed by atoms with E-state index in [9.17, 15) is 19.4 Å². The number of benzene rings is 1. The lowest BCUT2D eigenvalue weighted by Crippen LogP contribution is -2.38. The number of aryl methyl sites for hydroxylation is 1. The maximum Gasteiger partial charge on any atom is 0.222 e. The summed E-state index contributed by atoms with van der Waals surface area (Å²) >= 11 is 0. The highest BCUT2D eigenvalue weighted by atomic mass is 19.1. The highest BCUT2D eigenvalue weighted by Gasteiger charge is 2.21. The summed E-state index contributed by atoms with van der Waals surface area (Å²) in [4.78, 5) is 14.0. The third kappa shape index (κ3) is 6.25. The Labute approximate surface area is 154 Å². The number of amides is 1. The van der Waals surface area contributed by atoms with Gasteiger partial charge < -0.3 is 19.8 Å². The number of rotatable bonds is 2. The molecule has 6 heteroatoms. The van der Waals surface area contributed by atoms with Crippen molar-refractivity contribution >= 4 is 5.91 Å². The van der Waals surface area contributed by atoms with Gasteiger partial charge in [-0.15, -0.1) is 0 Å².